The van der Waals surface area contributed by atoms with Gasteiger partial charge in [-0.15, -0.1) is 10.2 Å². The normalized spacial score (nSPS) is 15.8. The van der Waals surface area contributed by atoms with Gasteiger partial charge in [-0.05, 0) is 37.1 Å². The maximum atomic E-state index is 12.2. The zero-order chi connectivity index (χ0) is 21.5. The molecule has 2 amide bonds. The number of carbonyl (C=O) groups is 2. The summed E-state index contributed by atoms with van der Waals surface area (Å²) in [6.45, 7) is 1.74. The lowest BCUT2D eigenvalue weighted by atomic mass is 10.2. The van der Waals surface area contributed by atoms with Crippen LogP contribution in [0.25, 0.3) is 5.65 Å². The summed E-state index contributed by atoms with van der Waals surface area (Å²) >= 11 is 1.35. The fourth-order valence-electron chi connectivity index (χ4n) is 3.25. The molecule has 1 fully saturated rings. The second-order valence-electron chi connectivity index (χ2n) is 7.16. The number of amides is 2. The molecule has 3 aromatic rings. The highest BCUT2D eigenvalue weighted by atomic mass is 32.2. The van der Waals surface area contributed by atoms with Gasteiger partial charge in [-0.3, -0.25) is 9.59 Å². The number of thioether (sulfide) groups is 1. The van der Waals surface area contributed by atoms with Crippen LogP contribution >= 0.6 is 11.8 Å². The molecule has 0 saturated carbocycles. The third-order valence-electron chi connectivity index (χ3n) is 4.88. The van der Waals surface area contributed by atoms with Crippen LogP contribution in [0.3, 0.4) is 0 Å². The van der Waals surface area contributed by atoms with E-state index in [1.54, 1.807) is 16.6 Å². The van der Waals surface area contributed by atoms with Crippen molar-refractivity contribution in [3.63, 3.8) is 0 Å². The lowest BCUT2D eigenvalue weighted by Crippen LogP contribution is -2.32. The summed E-state index contributed by atoms with van der Waals surface area (Å²) in [5, 5.41) is 19.3. The molecule has 9 nitrogen and oxygen atoms in total. The molecular weight excluding hydrogens is 416 g/mol. The molecule has 4 rings (SSSR count). The number of hydrogen-bond acceptors (Lipinski definition) is 7. The van der Waals surface area contributed by atoms with Gasteiger partial charge >= 0.3 is 0 Å². The molecule has 2 N–H and O–H groups in total. The van der Waals surface area contributed by atoms with Gasteiger partial charge in [0.1, 0.15) is 5.03 Å². The summed E-state index contributed by atoms with van der Waals surface area (Å²) in [4.78, 5) is 24.2. The smallest absolute Gasteiger partial charge is 0.251 e. The summed E-state index contributed by atoms with van der Waals surface area (Å²) in [5.41, 5.74) is 1.24. The van der Waals surface area contributed by atoms with Crippen molar-refractivity contribution >= 4 is 29.2 Å². The molecule has 162 valence electrons. The number of carbonyl (C=O) groups excluding carboxylic acids is 2. The maximum absolute atomic E-state index is 12.2. The van der Waals surface area contributed by atoms with Crippen LogP contribution in [0, 0.1) is 0 Å². The fourth-order valence-corrected chi connectivity index (χ4v) is 3.94. The molecule has 1 aliphatic heterocycles. The topological polar surface area (TPSA) is 111 Å². The highest BCUT2D eigenvalue weighted by Crippen LogP contribution is 2.16. The molecule has 1 aromatic carbocycles. The average molecular weight is 441 g/mol. The zero-order valence-corrected chi connectivity index (χ0v) is 17.8. The standard InChI is InChI=1S/C21H24N6O3S/c28-19(23-13-16-7-4-12-30-16)14-31-20-9-8-17-24-25-18(27(17)26-20)10-11-22-21(29)15-5-2-1-3-6-15/h1-3,5-6,8-9,16H,4,7,10-14H2,(H,22,29)(H,23,28)/t16-/m0/s1. The Kier molecular flexibility index (Phi) is 7.11. The number of aromatic nitrogens is 4. The van der Waals surface area contributed by atoms with Gasteiger partial charge in [-0.25, -0.2) is 0 Å². The molecule has 0 bridgehead atoms. The van der Waals surface area contributed by atoms with Crippen LogP contribution < -0.4 is 10.6 Å². The largest absolute Gasteiger partial charge is 0.376 e. The van der Waals surface area contributed by atoms with E-state index in [0.717, 1.165) is 19.4 Å². The number of benzene rings is 1. The van der Waals surface area contributed by atoms with Crippen molar-refractivity contribution < 1.29 is 14.3 Å². The minimum absolute atomic E-state index is 0.0463. The molecule has 0 radical (unpaired) electrons. The summed E-state index contributed by atoms with van der Waals surface area (Å²) in [7, 11) is 0. The Labute approximate surface area is 184 Å². The fraction of sp³-hybridized carbons (Fsp3) is 0.381. The lowest BCUT2D eigenvalue weighted by Gasteiger charge is -2.10. The molecule has 10 heteroatoms. The minimum atomic E-state index is -0.132. The first-order chi connectivity index (χ1) is 15.2. The highest BCUT2D eigenvalue weighted by Gasteiger charge is 2.16. The van der Waals surface area contributed by atoms with Crippen molar-refractivity contribution in [2.24, 2.45) is 0 Å². The number of nitrogens with one attached hydrogen (secondary N) is 2. The van der Waals surface area contributed by atoms with Crippen LogP contribution in [0.2, 0.25) is 0 Å². The maximum Gasteiger partial charge on any atom is 0.251 e. The van der Waals surface area contributed by atoms with E-state index in [0.29, 0.717) is 41.6 Å². The van der Waals surface area contributed by atoms with Crippen LogP contribution in [-0.4, -0.2) is 63.2 Å². The predicted octanol–water partition coefficient (Wildman–Crippen LogP) is 1.48. The van der Waals surface area contributed by atoms with Gasteiger partial charge < -0.3 is 15.4 Å². The van der Waals surface area contributed by atoms with Crippen molar-refractivity contribution in [2.75, 3.05) is 25.4 Å². The Morgan fingerprint density at radius 1 is 1.13 bits per heavy atom. The van der Waals surface area contributed by atoms with Gasteiger partial charge in [0.15, 0.2) is 11.5 Å². The highest BCUT2D eigenvalue weighted by molar-refractivity contribution is 7.99. The number of ether oxygens (including phenoxy) is 1. The Bertz CT molecular complexity index is 1040. The Morgan fingerprint density at radius 3 is 2.81 bits per heavy atom. The lowest BCUT2D eigenvalue weighted by molar-refractivity contribution is -0.119. The Hall–Kier alpha value is -2.98. The van der Waals surface area contributed by atoms with Gasteiger partial charge in [-0.2, -0.15) is 9.61 Å². The zero-order valence-electron chi connectivity index (χ0n) is 17.0. The van der Waals surface area contributed by atoms with Crippen LogP contribution in [0.5, 0.6) is 0 Å². The van der Waals surface area contributed by atoms with Crippen molar-refractivity contribution in [3.8, 4) is 0 Å². The van der Waals surface area contributed by atoms with Crippen molar-refractivity contribution in [1.82, 2.24) is 30.4 Å². The van der Waals surface area contributed by atoms with Crippen LogP contribution in [-0.2, 0) is 16.0 Å². The van der Waals surface area contributed by atoms with Crippen LogP contribution in [0.4, 0.5) is 0 Å². The number of nitrogens with zero attached hydrogens (tertiary/aromatic N) is 4. The molecule has 1 saturated heterocycles. The molecule has 0 spiro atoms. The van der Waals surface area contributed by atoms with Crippen molar-refractivity contribution in [1.29, 1.82) is 0 Å². The van der Waals surface area contributed by atoms with Crippen LogP contribution in [0.15, 0.2) is 47.5 Å². The number of fused-ring (bicyclic) bond motifs is 1. The molecule has 1 aliphatic rings. The van der Waals surface area contributed by atoms with E-state index >= 15 is 0 Å². The number of rotatable bonds is 9. The molecular formula is C21H24N6O3S. The van der Waals surface area contributed by atoms with E-state index in [9.17, 15) is 9.59 Å². The summed E-state index contributed by atoms with van der Waals surface area (Å²) in [6.07, 6.45) is 2.66. The third-order valence-corrected chi connectivity index (χ3v) is 5.80. The van der Waals surface area contributed by atoms with E-state index in [2.05, 4.69) is 25.9 Å². The first kappa shape index (κ1) is 21.3. The SMILES string of the molecule is O=C(CSc1ccc2nnc(CCNC(=O)c3ccccc3)n2n1)NC[C@@H]1CCCO1. The molecule has 0 unspecified atom stereocenters. The van der Waals surface area contributed by atoms with Crippen molar-refractivity contribution in [3.05, 3.63) is 53.9 Å². The van der Waals surface area contributed by atoms with E-state index in [-0.39, 0.29) is 23.7 Å². The number of hydrogen-bond donors (Lipinski definition) is 2. The first-order valence-electron chi connectivity index (χ1n) is 10.2. The van der Waals surface area contributed by atoms with E-state index in [1.165, 1.54) is 11.8 Å². The Balaban J connectivity index is 1.28. The quantitative estimate of drug-likeness (QED) is 0.485. The van der Waals surface area contributed by atoms with Gasteiger partial charge in [-0.1, -0.05) is 30.0 Å². The molecule has 3 heterocycles. The second-order valence-corrected chi connectivity index (χ2v) is 8.15. The van der Waals surface area contributed by atoms with Gasteiger partial charge in [0, 0.05) is 31.7 Å². The molecule has 0 aliphatic carbocycles. The predicted molar refractivity (Wildman–Crippen MR) is 116 cm³/mol. The minimum Gasteiger partial charge on any atom is -0.376 e. The third kappa shape index (κ3) is 5.80. The second kappa shape index (κ2) is 10.4. The molecule has 31 heavy (non-hydrogen) atoms. The molecule has 1 atom stereocenters. The average Bonchev–Trinajstić information content (AvgIpc) is 3.47. The summed E-state index contributed by atoms with van der Waals surface area (Å²) in [6, 6.07) is 12.7. The van der Waals surface area contributed by atoms with Crippen LogP contribution in [0.1, 0.15) is 29.0 Å². The molecule has 2 aromatic heterocycles. The van der Waals surface area contributed by atoms with Gasteiger partial charge in [0.2, 0.25) is 5.91 Å². The van der Waals surface area contributed by atoms with E-state index in [1.807, 2.05) is 30.3 Å². The summed E-state index contributed by atoms with van der Waals surface area (Å²) in [5.74, 6) is 0.742. The van der Waals surface area contributed by atoms with Crippen molar-refractivity contribution in [2.45, 2.75) is 30.4 Å². The van der Waals surface area contributed by atoms with E-state index in [4.69, 9.17) is 4.74 Å². The van der Waals surface area contributed by atoms with E-state index < -0.39 is 0 Å². The van der Waals surface area contributed by atoms with Gasteiger partial charge in [0.05, 0.1) is 11.9 Å². The summed E-state index contributed by atoms with van der Waals surface area (Å²) < 4.78 is 7.17. The first-order valence-corrected chi connectivity index (χ1v) is 11.2. The van der Waals surface area contributed by atoms with Gasteiger partial charge in [0.25, 0.3) is 5.91 Å². The Morgan fingerprint density at radius 2 is 2.00 bits per heavy atom. The monoisotopic (exact) mass is 440 g/mol.